The fraction of sp³-hybridized carbons (Fsp3) is 0.400. The van der Waals surface area contributed by atoms with Crippen LogP contribution in [0.3, 0.4) is 0 Å². The topological polar surface area (TPSA) is 95.5 Å². The minimum Gasteiger partial charge on any atom is -0.497 e. The SMILES string of the molecule is CCOc1cc(C(=O)NCCC2C=c3ccc(OC)cc3=NC2=O)cc(OCC)c1OCC. The van der Waals surface area contributed by atoms with E-state index in [1.165, 1.54) is 0 Å². The van der Waals surface area contributed by atoms with Crippen molar-refractivity contribution < 1.29 is 28.5 Å². The third-order valence-electron chi connectivity index (χ3n) is 5.08. The third kappa shape index (κ3) is 5.83. The van der Waals surface area contributed by atoms with Crippen LogP contribution in [0.2, 0.25) is 0 Å². The van der Waals surface area contributed by atoms with Crippen molar-refractivity contribution in [3.63, 3.8) is 0 Å². The number of rotatable bonds is 11. The molecule has 1 N–H and O–H groups in total. The zero-order valence-corrected chi connectivity index (χ0v) is 19.5. The molecule has 0 fully saturated rings. The lowest BCUT2D eigenvalue weighted by Gasteiger charge is -2.17. The number of benzene rings is 2. The molecular weight excluding hydrogens is 424 g/mol. The summed E-state index contributed by atoms with van der Waals surface area (Å²) in [4.78, 5) is 29.4. The molecule has 1 heterocycles. The number of amides is 2. The lowest BCUT2D eigenvalue weighted by atomic mass is 10.00. The molecular formula is C25H30N2O6. The van der Waals surface area contributed by atoms with Crippen LogP contribution in [0.4, 0.5) is 0 Å². The minimum atomic E-state index is -0.399. The molecule has 0 spiro atoms. The Hall–Kier alpha value is -3.55. The summed E-state index contributed by atoms with van der Waals surface area (Å²) in [6.45, 7) is 7.20. The first-order valence-electron chi connectivity index (χ1n) is 11.1. The van der Waals surface area contributed by atoms with Gasteiger partial charge in [-0.3, -0.25) is 9.59 Å². The molecule has 1 atom stereocenters. The van der Waals surface area contributed by atoms with Crippen molar-refractivity contribution in [3.05, 3.63) is 46.5 Å². The average Bonchev–Trinajstić information content (AvgIpc) is 2.81. The first kappa shape index (κ1) is 24.1. The number of hydrogen-bond donors (Lipinski definition) is 1. The number of fused-ring (bicyclic) bond motifs is 1. The first-order valence-corrected chi connectivity index (χ1v) is 11.1. The maximum Gasteiger partial charge on any atom is 0.253 e. The van der Waals surface area contributed by atoms with E-state index < -0.39 is 5.92 Å². The van der Waals surface area contributed by atoms with Crippen LogP contribution in [0.1, 0.15) is 37.6 Å². The van der Waals surface area contributed by atoms with Gasteiger partial charge in [-0.05, 0) is 56.7 Å². The van der Waals surface area contributed by atoms with E-state index in [1.54, 1.807) is 25.3 Å². The zero-order valence-electron chi connectivity index (χ0n) is 19.5. The highest BCUT2D eigenvalue weighted by atomic mass is 16.5. The van der Waals surface area contributed by atoms with E-state index >= 15 is 0 Å². The quantitative estimate of drug-likeness (QED) is 0.560. The molecule has 0 bridgehead atoms. The second kappa shape index (κ2) is 11.4. The van der Waals surface area contributed by atoms with Gasteiger partial charge in [-0.25, -0.2) is 4.99 Å². The van der Waals surface area contributed by atoms with Crippen molar-refractivity contribution >= 4 is 17.9 Å². The fourth-order valence-corrected chi connectivity index (χ4v) is 3.55. The highest BCUT2D eigenvalue weighted by Crippen LogP contribution is 2.39. The van der Waals surface area contributed by atoms with E-state index in [4.69, 9.17) is 18.9 Å². The first-order chi connectivity index (χ1) is 16.0. The van der Waals surface area contributed by atoms with Crippen LogP contribution in [0.25, 0.3) is 6.08 Å². The Balaban J connectivity index is 1.71. The number of nitrogens with zero attached hydrogens (tertiary/aromatic N) is 1. The van der Waals surface area contributed by atoms with Crippen LogP contribution in [-0.4, -0.2) is 45.3 Å². The molecule has 1 aliphatic rings. The van der Waals surface area contributed by atoms with E-state index in [-0.39, 0.29) is 11.8 Å². The van der Waals surface area contributed by atoms with Crippen molar-refractivity contribution in [3.8, 4) is 23.0 Å². The molecule has 2 aromatic rings. The molecule has 0 saturated carbocycles. The van der Waals surface area contributed by atoms with Gasteiger partial charge in [-0.2, -0.15) is 0 Å². The maximum absolute atomic E-state index is 12.8. The normalized spacial score (nSPS) is 14.4. The van der Waals surface area contributed by atoms with Crippen LogP contribution in [0.5, 0.6) is 23.0 Å². The van der Waals surface area contributed by atoms with Gasteiger partial charge in [0, 0.05) is 18.2 Å². The molecule has 0 saturated heterocycles. The monoisotopic (exact) mass is 454 g/mol. The number of hydrogen-bond acceptors (Lipinski definition) is 6. The van der Waals surface area contributed by atoms with Crippen LogP contribution in [0, 0.1) is 5.92 Å². The number of ether oxygens (including phenoxy) is 4. The Morgan fingerprint density at radius 2 is 1.67 bits per heavy atom. The summed E-state index contributed by atoms with van der Waals surface area (Å²) in [5, 5.41) is 4.35. The Morgan fingerprint density at radius 3 is 2.27 bits per heavy atom. The van der Waals surface area contributed by atoms with Crippen LogP contribution in [0.15, 0.2) is 35.3 Å². The molecule has 8 heteroatoms. The number of carbonyl (C=O) groups excluding carboxylic acids is 2. The minimum absolute atomic E-state index is 0.233. The van der Waals surface area contributed by atoms with E-state index in [9.17, 15) is 9.59 Å². The highest BCUT2D eigenvalue weighted by molar-refractivity contribution is 5.95. The van der Waals surface area contributed by atoms with Crippen molar-refractivity contribution in [1.29, 1.82) is 0 Å². The standard InChI is InChI=1S/C25H30N2O6/c1-5-31-21-13-18(14-22(32-6-2)23(21)33-7-3)24(28)26-11-10-17-12-16-8-9-19(30-4)15-20(16)27-25(17)29/h8-9,12-15,17H,5-7,10-11H2,1-4H3,(H,26,28). The van der Waals surface area contributed by atoms with E-state index in [0.29, 0.717) is 66.7 Å². The summed E-state index contributed by atoms with van der Waals surface area (Å²) in [7, 11) is 1.57. The van der Waals surface area contributed by atoms with Crippen LogP contribution < -0.4 is 34.8 Å². The number of nitrogens with one attached hydrogen (secondary N) is 1. The molecule has 33 heavy (non-hydrogen) atoms. The van der Waals surface area contributed by atoms with Crippen LogP contribution in [-0.2, 0) is 4.79 Å². The Bertz CT molecular complexity index is 1100. The molecule has 0 aliphatic carbocycles. The van der Waals surface area contributed by atoms with Gasteiger partial charge >= 0.3 is 0 Å². The molecule has 176 valence electrons. The van der Waals surface area contributed by atoms with Gasteiger partial charge < -0.3 is 24.3 Å². The molecule has 2 amide bonds. The average molecular weight is 455 g/mol. The van der Waals surface area contributed by atoms with Gasteiger partial charge in [0.1, 0.15) is 5.75 Å². The van der Waals surface area contributed by atoms with Gasteiger partial charge in [-0.15, -0.1) is 0 Å². The van der Waals surface area contributed by atoms with Crippen molar-refractivity contribution in [2.45, 2.75) is 27.2 Å². The Labute approximate surface area is 193 Å². The van der Waals surface area contributed by atoms with Gasteiger partial charge in [0.05, 0.1) is 38.2 Å². The largest absolute Gasteiger partial charge is 0.497 e. The lowest BCUT2D eigenvalue weighted by molar-refractivity contribution is -0.120. The Kier molecular flexibility index (Phi) is 8.29. The van der Waals surface area contributed by atoms with Gasteiger partial charge in [0.15, 0.2) is 11.5 Å². The zero-order chi connectivity index (χ0) is 23.8. The van der Waals surface area contributed by atoms with Gasteiger partial charge in [0.25, 0.3) is 11.8 Å². The lowest BCUT2D eigenvalue weighted by Crippen LogP contribution is -2.35. The highest BCUT2D eigenvalue weighted by Gasteiger charge is 2.21. The molecule has 3 rings (SSSR count). The fourth-order valence-electron chi connectivity index (χ4n) is 3.55. The summed E-state index contributed by atoms with van der Waals surface area (Å²) in [5.74, 6) is 1.13. The van der Waals surface area contributed by atoms with Gasteiger partial charge in [-0.1, -0.05) is 6.08 Å². The number of methoxy groups -OCH3 is 1. The number of carbonyl (C=O) groups is 2. The van der Waals surface area contributed by atoms with E-state index in [2.05, 4.69) is 10.3 Å². The van der Waals surface area contributed by atoms with Crippen molar-refractivity contribution in [1.82, 2.24) is 5.32 Å². The molecule has 1 aliphatic heterocycles. The van der Waals surface area contributed by atoms with Crippen LogP contribution >= 0.6 is 0 Å². The molecule has 1 unspecified atom stereocenters. The molecule has 2 aromatic carbocycles. The summed E-state index contributed by atoms with van der Waals surface area (Å²) >= 11 is 0. The molecule has 0 aromatic heterocycles. The molecule has 8 nitrogen and oxygen atoms in total. The third-order valence-corrected chi connectivity index (χ3v) is 5.08. The van der Waals surface area contributed by atoms with Gasteiger partial charge in [0.2, 0.25) is 5.75 Å². The maximum atomic E-state index is 12.8. The summed E-state index contributed by atoms with van der Waals surface area (Å²) in [6.07, 6.45) is 2.32. The second-order valence-corrected chi connectivity index (χ2v) is 7.29. The summed E-state index contributed by atoms with van der Waals surface area (Å²) in [5.41, 5.74) is 0.395. The Morgan fingerprint density at radius 1 is 1.00 bits per heavy atom. The predicted octanol–water partition coefficient (Wildman–Crippen LogP) is 2.27. The molecule has 0 radical (unpaired) electrons. The summed E-state index contributed by atoms with van der Waals surface area (Å²) < 4.78 is 22.2. The predicted molar refractivity (Wildman–Crippen MR) is 124 cm³/mol. The summed E-state index contributed by atoms with van der Waals surface area (Å²) in [6, 6.07) is 8.73. The van der Waals surface area contributed by atoms with Crippen molar-refractivity contribution in [2.24, 2.45) is 10.9 Å². The van der Waals surface area contributed by atoms with Crippen molar-refractivity contribution in [2.75, 3.05) is 33.5 Å². The second-order valence-electron chi connectivity index (χ2n) is 7.29. The smallest absolute Gasteiger partial charge is 0.253 e. The van der Waals surface area contributed by atoms with E-state index in [0.717, 1.165) is 5.22 Å². The van der Waals surface area contributed by atoms with E-state index in [1.807, 2.05) is 39.0 Å².